The summed E-state index contributed by atoms with van der Waals surface area (Å²) < 4.78 is 0. The molecular weight excluding hydrogens is 402 g/mol. The van der Waals surface area contributed by atoms with E-state index in [2.05, 4.69) is 23.8 Å². The highest BCUT2D eigenvalue weighted by Gasteiger charge is 2.66. The summed E-state index contributed by atoms with van der Waals surface area (Å²) in [7, 11) is 4.00. The Hall–Kier alpha value is -1.18. The van der Waals surface area contributed by atoms with Crippen molar-refractivity contribution in [1.82, 2.24) is 9.91 Å². The molecule has 8 atom stereocenters. The summed E-state index contributed by atoms with van der Waals surface area (Å²) in [6, 6.07) is 0. The Balaban J connectivity index is 1.53. The zero-order chi connectivity index (χ0) is 23.3. The molecule has 0 saturated heterocycles. The minimum atomic E-state index is -0.651. The summed E-state index contributed by atoms with van der Waals surface area (Å²) in [5.41, 5.74) is 5.20. The van der Waals surface area contributed by atoms with Crippen LogP contribution in [0.25, 0.3) is 0 Å². The molecule has 0 amide bonds. The molecule has 4 rings (SSSR count). The molecule has 5 N–H and O–H groups in total. The van der Waals surface area contributed by atoms with E-state index in [1.807, 2.05) is 20.3 Å². The highest BCUT2D eigenvalue weighted by molar-refractivity contribution is 5.76. The predicted molar refractivity (Wildman–Crippen MR) is 128 cm³/mol. The van der Waals surface area contributed by atoms with Crippen molar-refractivity contribution in [3.8, 4) is 0 Å². The molecule has 0 bridgehead atoms. The number of aliphatic hydroxyl groups is 2. The van der Waals surface area contributed by atoms with Gasteiger partial charge < -0.3 is 20.8 Å². The second-order valence-corrected chi connectivity index (χ2v) is 12.0. The maximum atomic E-state index is 12.2. The molecule has 0 spiro atoms. The molecule has 0 aliphatic heterocycles. The summed E-state index contributed by atoms with van der Waals surface area (Å²) in [6.45, 7) is 6.10. The number of hydrogen-bond acceptors (Lipinski definition) is 5. The van der Waals surface area contributed by atoms with Gasteiger partial charge in [-0.2, -0.15) is 5.10 Å². The normalized spacial score (nSPS) is 46.0. The Bertz CT molecular complexity index is 744. The zero-order valence-corrected chi connectivity index (χ0v) is 20.6. The van der Waals surface area contributed by atoms with Crippen LogP contribution in [0.1, 0.15) is 71.6 Å². The zero-order valence-electron chi connectivity index (χ0n) is 20.6. The second kappa shape index (κ2) is 8.55. The number of hydrazone groups is 1. The lowest BCUT2D eigenvalue weighted by molar-refractivity contribution is -0.206. The Kier molecular flexibility index (Phi) is 6.40. The number of likely N-dealkylation sites (N-methyl/N-ethyl adjacent to an activating group) is 1. The van der Waals surface area contributed by atoms with Crippen LogP contribution in [-0.2, 0) is 0 Å². The lowest BCUT2D eigenvalue weighted by Crippen LogP contribution is -2.62. The van der Waals surface area contributed by atoms with E-state index in [1.165, 1.54) is 0 Å². The summed E-state index contributed by atoms with van der Waals surface area (Å²) in [6.07, 6.45) is 11.0. The lowest BCUT2D eigenvalue weighted by atomic mass is 9.43. The molecule has 0 aromatic carbocycles. The Morgan fingerprint density at radius 1 is 1.06 bits per heavy atom. The van der Waals surface area contributed by atoms with Crippen LogP contribution < -0.4 is 5.73 Å². The van der Waals surface area contributed by atoms with Gasteiger partial charge in [0.05, 0.1) is 18.2 Å². The van der Waals surface area contributed by atoms with Gasteiger partial charge in [0, 0.05) is 24.1 Å². The van der Waals surface area contributed by atoms with Crippen molar-refractivity contribution < 1.29 is 10.2 Å². The van der Waals surface area contributed by atoms with Gasteiger partial charge in [-0.3, -0.25) is 5.41 Å². The smallest absolute Gasteiger partial charge is 0.209 e. The third-order valence-electron chi connectivity index (χ3n) is 10.3. The van der Waals surface area contributed by atoms with Gasteiger partial charge in [-0.05, 0) is 95.1 Å². The largest absolute Gasteiger partial charge is 0.393 e. The first-order valence-corrected chi connectivity index (χ1v) is 12.7. The van der Waals surface area contributed by atoms with Gasteiger partial charge >= 0.3 is 0 Å². The standard InChI is InChI=1S/C25H45N5O2/c1-23-10-8-19(31)15-17(23)5-6-21-20(23)9-11-24(2)18(7-12-25(21,24)32)16-28-30(22(26)27)14-13-29(3)4/h16-21,31-32H,5-15H2,1-4H3,(H3,26,27)/b28-16+/t17?,18?,19?,20-,21-,23+,24-,25-/m1/s1. The molecule has 4 fully saturated rings. The Labute approximate surface area is 193 Å². The fourth-order valence-corrected chi connectivity index (χ4v) is 8.18. The van der Waals surface area contributed by atoms with Crippen molar-refractivity contribution in [2.75, 3.05) is 27.2 Å². The van der Waals surface area contributed by atoms with Crippen LogP contribution in [0, 0.1) is 39.9 Å². The number of nitrogens with zero attached hydrogens (tertiary/aromatic N) is 3. The first-order chi connectivity index (χ1) is 15.0. The summed E-state index contributed by atoms with van der Waals surface area (Å²) in [4.78, 5) is 2.06. The predicted octanol–water partition coefficient (Wildman–Crippen LogP) is 2.86. The number of fused-ring (bicyclic) bond motifs is 5. The fourth-order valence-electron chi connectivity index (χ4n) is 8.18. The highest BCUT2D eigenvalue weighted by atomic mass is 16.3. The molecule has 32 heavy (non-hydrogen) atoms. The summed E-state index contributed by atoms with van der Waals surface area (Å²) in [5, 5.41) is 36.6. The minimum absolute atomic E-state index is 0.0315. The molecular formula is C25H45N5O2. The van der Waals surface area contributed by atoms with E-state index < -0.39 is 5.60 Å². The van der Waals surface area contributed by atoms with Crippen molar-refractivity contribution in [3.63, 3.8) is 0 Å². The van der Waals surface area contributed by atoms with E-state index in [4.69, 9.17) is 11.1 Å². The van der Waals surface area contributed by atoms with Crippen molar-refractivity contribution >= 4 is 12.2 Å². The van der Waals surface area contributed by atoms with Gasteiger partial charge in [0.15, 0.2) is 0 Å². The Morgan fingerprint density at radius 2 is 1.81 bits per heavy atom. The van der Waals surface area contributed by atoms with Crippen molar-refractivity contribution in [1.29, 1.82) is 5.41 Å². The van der Waals surface area contributed by atoms with Gasteiger partial charge in [0.2, 0.25) is 5.96 Å². The van der Waals surface area contributed by atoms with Crippen LogP contribution in [-0.4, -0.2) is 71.2 Å². The van der Waals surface area contributed by atoms with Gasteiger partial charge in [-0.25, -0.2) is 5.01 Å². The minimum Gasteiger partial charge on any atom is -0.393 e. The van der Waals surface area contributed by atoms with Crippen molar-refractivity contribution in [2.24, 2.45) is 45.3 Å². The van der Waals surface area contributed by atoms with E-state index >= 15 is 0 Å². The molecule has 0 aromatic rings. The van der Waals surface area contributed by atoms with Crippen LogP contribution in [0.4, 0.5) is 0 Å². The molecule has 7 nitrogen and oxygen atoms in total. The number of rotatable bonds is 5. The molecule has 4 saturated carbocycles. The van der Waals surface area contributed by atoms with Gasteiger partial charge in [0.1, 0.15) is 0 Å². The van der Waals surface area contributed by atoms with E-state index in [0.29, 0.717) is 24.3 Å². The quantitative estimate of drug-likeness (QED) is 0.294. The first kappa shape index (κ1) is 24.0. The molecule has 7 heteroatoms. The van der Waals surface area contributed by atoms with E-state index in [1.54, 1.807) is 5.01 Å². The maximum absolute atomic E-state index is 12.2. The van der Waals surface area contributed by atoms with Crippen LogP contribution in [0.2, 0.25) is 0 Å². The van der Waals surface area contributed by atoms with Crippen LogP contribution in [0.5, 0.6) is 0 Å². The Morgan fingerprint density at radius 3 is 2.50 bits per heavy atom. The van der Waals surface area contributed by atoms with Crippen molar-refractivity contribution in [2.45, 2.75) is 83.3 Å². The number of aliphatic hydroxyl groups excluding tert-OH is 1. The average Bonchev–Trinajstić information content (AvgIpc) is 2.99. The number of hydrogen-bond donors (Lipinski definition) is 4. The SMILES string of the molecule is CN(C)CCN(/N=C/C1CC[C@@]2(O)[C@@H]3CCC4CC(O)CC[C@]4(C)[C@@H]3CC[C@]12C)C(=N)N. The van der Waals surface area contributed by atoms with E-state index in [-0.39, 0.29) is 28.8 Å². The monoisotopic (exact) mass is 447 g/mol. The summed E-state index contributed by atoms with van der Waals surface area (Å²) >= 11 is 0. The van der Waals surface area contributed by atoms with Crippen LogP contribution in [0.3, 0.4) is 0 Å². The fraction of sp³-hybridized carbons (Fsp3) is 0.920. The lowest BCUT2D eigenvalue weighted by Gasteiger charge is -2.63. The van der Waals surface area contributed by atoms with Crippen LogP contribution in [0.15, 0.2) is 5.10 Å². The van der Waals surface area contributed by atoms with Crippen LogP contribution >= 0.6 is 0 Å². The number of guanidine groups is 1. The van der Waals surface area contributed by atoms with E-state index in [0.717, 1.165) is 64.3 Å². The van der Waals surface area contributed by atoms with E-state index in [9.17, 15) is 10.2 Å². The first-order valence-electron chi connectivity index (χ1n) is 12.7. The summed E-state index contributed by atoms with van der Waals surface area (Å²) in [5.74, 6) is 1.66. The van der Waals surface area contributed by atoms with Crippen molar-refractivity contribution in [3.05, 3.63) is 0 Å². The molecule has 4 aliphatic carbocycles. The molecule has 0 radical (unpaired) electrons. The highest BCUT2D eigenvalue weighted by Crippen LogP contribution is 2.68. The van der Waals surface area contributed by atoms with Gasteiger partial charge in [0.25, 0.3) is 0 Å². The van der Waals surface area contributed by atoms with Gasteiger partial charge in [-0.1, -0.05) is 13.8 Å². The average molecular weight is 448 g/mol. The topological polar surface area (TPSA) is 109 Å². The number of nitrogens with one attached hydrogen (secondary N) is 1. The maximum Gasteiger partial charge on any atom is 0.209 e. The molecule has 182 valence electrons. The molecule has 3 unspecified atom stereocenters. The molecule has 0 aromatic heterocycles. The third-order valence-corrected chi connectivity index (χ3v) is 10.3. The van der Waals surface area contributed by atoms with Gasteiger partial charge in [-0.15, -0.1) is 0 Å². The third kappa shape index (κ3) is 3.78. The molecule has 4 aliphatic rings. The second-order valence-electron chi connectivity index (χ2n) is 12.0. The molecule has 0 heterocycles. The number of nitrogens with two attached hydrogens (primary N) is 1.